The van der Waals surface area contributed by atoms with Crippen LogP contribution in [-0.4, -0.2) is 57.4 Å². The molecule has 0 aromatic rings. The molecule has 31 heavy (non-hydrogen) atoms. The normalized spacial score (nSPS) is 15.2. The third-order valence-corrected chi connectivity index (χ3v) is 16.6. The van der Waals surface area contributed by atoms with E-state index in [1.165, 1.54) is 0 Å². The van der Waals surface area contributed by atoms with Crippen LogP contribution < -0.4 is 0 Å². The zero-order chi connectivity index (χ0) is 24.9. The molecule has 0 rings (SSSR count). The molecule has 1 unspecified atom stereocenters. The Morgan fingerprint density at radius 2 is 1.19 bits per heavy atom. The first-order chi connectivity index (χ1) is 13.6. The van der Waals surface area contributed by atoms with Crippen molar-refractivity contribution < 1.29 is 31.8 Å². The van der Waals surface area contributed by atoms with Crippen molar-refractivity contribution >= 4 is 45.7 Å². The van der Waals surface area contributed by atoms with Crippen LogP contribution in [0.3, 0.4) is 0 Å². The Bertz CT molecular complexity index is 597. The molecule has 1 atom stereocenters. The van der Waals surface area contributed by atoms with Gasteiger partial charge in [0.1, 0.15) is 0 Å². The van der Waals surface area contributed by atoms with Gasteiger partial charge in [0.15, 0.2) is 25.0 Å². The van der Waals surface area contributed by atoms with Crippen molar-refractivity contribution in [3.8, 4) is 0 Å². The molecule has 0 fully saturated rings. The summed E-state index contributed by atoms with van der Waals surface area (Å²) in [7, 11) is -9.34. The smallest absolute Gasteiger partial charge is 0.473 e. The van der Waals surface area contributed by atoms with Crippen LogP contribution in [-0.2, 0) is 26.7 Å². The maximum Gasteiger partial charge on any atom is 0.473 e. The summed E-state index contributed by atoms with van der Waals surface area (Å²) in [6.45, 7) is 25.9. The number of carboxylic acids is 1. The molecule has 0 bridgehead atoms. The van der Waals surface area contributed by atoms with Crippen LogP contribution in [0, 0.1) is 5.41 Å². The van der Waals surface area contributed by atoms with Gasteiger partial charge in [-0.25, -0.2) is 9.59 Å². The van der Waals surface area contributed by atoms with E-state index < -0.39 is 45.7 Å². The summed E-state index contributed by atoms with van der Waals surface area (Å²) in [6, 6.07) is 0. The van der Waals surface area contributed by atoms with Crippen molar-refractivity contribution in [2.45, 2.75) is 91.7 Å². The highest BCUT2D eigenvalue weighted by molar-refractivity contribution is 6.90. The summed E-state index contributed by atoms with van der Waals surface area (Å²) >= 11 is 0. The number of carboxylic acid groups (broad SMARTS) is 1. The number of hydrogen-bond donors (Lipinski definition) is 1. The van der Waals surface area contributed by atoms with E-state index in [0.29, 0.717) is 6.42 Å². The van der Waals surface area contributed by atoms with E-state index in [9.17, 15) is 9.59 Å². The van der Waals surface area contributed by atoms with Crippen LogP contribution in [0.4, 0.5) is 0 Å². The molecule has 0 spiro atoms. The summed E-state index contributed by atoms with van der Waals surface area (Å²) in [6.07, 6.45) is 2.22. The van der Waals surface area contributed by atoms with E-state index in [-0.39, 0.29) is 17.6 Å². The molecule has 0 radical (unpaired) electrons. The number of esters is 1. The Balaban J connectivity index is 6.16. The van der Waals surface area contributed by atoms with Crippen molar-refractivity contribution in [2.75, 3.05) is 6.61 Å². The highest BCUT2D eigenvalue weighted by atomic mass is 28.5. The zero-order valence-electron chi connectivity index (χ0n) is 21.5. The highest BCUT2D eigenvalue weighted by Gasteiger charge is 2.58. The lowest BCUT2D eigenvalue weighted by atomic mass is 9.90. The summed E-state index contributed by atoms with van der Waals surface area (Å²) in [4.78, 5) is 22.5. The molecule has 0 amide bonds. The third-order valence-electron chi connectivity index (χ3n) is 3.83. The number of carbonyl (C=O) groups is 2. The largest absolute Gasteiger partial charge is 0.478 e. The quantitative estimate of drug-likeness (QED) is 0.212. The van der Waals surface area contributed by atoms with Gasteiger partial charge in [0.25, 0.3) is 0 Å². The average molecular weight is 509 g/mol. The standard InChI is InChI=1S/C20H44O7Si4/c1-20(2,3)17(15-16-24-19(23)14-13-18(21)22)31(25-28(4,5)6,26-29(7,8)9)27-30(10,11)12/h13-14,17H,15-16H2,1-12H3,(H,21,22). The van der Waals surface area contributed by atoms with Crippen LogP contribution in [0.2, 0.25) is 64.5 Å². The second kappa shape index (κ2) is 11.0. The van der Waals surface area contributed by atoms with Crippen LogP contribution in [0.5, 0.6) is 0 Å². The second-order valence-electron chi connectivity index (χ2n) is 11.8. The summed E-state index contributed by atoms with van der Waals surface area (Å²) in [5.74, 6) is -1.86. The lowest BCUT2D eigenvalue weighted by Crippen LogP contribution is -2.65. The first-order valence-corrected chi connectivity index (χ1v) is 22.8. The lowest BCUT2D eigenvalue weighted by Gasteiger charge is -2.50. The first kappa shape index (κ1) is 30.4. The van der Waals surface area contributed by atoms with Crippen LogP contribution in [0.25, 0.3) is 0 Å². The fraction of sp³-hybridized carbons (Fsp3) is 0.800. The molecule has 0 aromatic heterocycles. The Labute approximate surface area is 193 Å². The van der Waals surface area contributed by atoms with Gasteiger partial charge < -0.3 is 22.2 Å². The highest BCUT2D eigenvalue weighted by Crippen LogP contribution is 2.46. The van der Waals surface area contributed by atoms with E-state index >= 15 is 0 Å². The van der Waals surface area contributed by atoms with Crippen molar-refractivity contribution in [3.05, 3.63) is 12.2 Å². The van der Waals surface area contributed by atoms with Crippen molar-refractivity contribution in [3.63, 3.8) is 0 Å². The summed E-state index contributed by atoms with van der Waals surface area (Å²) in [5.41, 5.74) is -0.296. The second-order valence-corrected chi connectivity index (χ2v) is 28.8. The van der Waals surface area contributed by atoms with Gasteiger partial charge in [-0.3, -0.25) is 0 Å². The van der Waals surface area contributed by atoms with E-state index in [1.54, 1.807) is 0 Å². The minimum Gasteiger partial charge on any atom is -0.478 e. The fourth-order valence-electron chi connectivity index (χ4n) is 3.16. The SMILES string of the molecule is CC(C)(C)C(CCOC(=O)C=CC(=O)O)[Si](O[Si](C)(C)C)(O[Si](C)(C)C)O[Si](C)(C)C. The third kappa shape index (κ3) is 13.5. The minimum atomic E-state index is -3.19. The molecule has 0 heterocycles. The molecule has 0 aliphatic rings. The summed E-state index contributed by atoms with van der Waals surface area (Å²) < 4.78 is 25.9. The van der Waals surface area contributed by atoms with Gasteiger partial charge >= 0.3 is 20.7 Å². The predicted octanol–water partition coefficient (Wildman–Crippen LogP) is 5.47. The van der Waals surface area contributed by atoms with Gasteiger partial charge in [-0.15, -0.1) is 0 Å². The van der Waals surface area contributed by atoms with Crippen LogP contribution >= 0.6 is 0 Å². The Kier molecular flexibility index (Phi) is 10.8. The number of carbonyl (C=O) groups excluding carboxylic acids is 1. The molecular formula is C20H44O7Si4. The monoisotopic (exact) mass is 508 g/mol. The average Bonchev–Trinajstić information content (AvgIpc) is 2.42. The van der Waals surface area contributed by atoms with E-state index in [4.69, 9.17) is 22.2 Å². The van der Waals surface area contributed by atoms with Gasteiger partial charge in [-0.05, 0) is 70.8 Å². The Hall–Kier alpha value is -0.572. The molecule has 0 aliphatic heterocycles. The summed E-state index contributed by atoms with van der Waals surface area (Å²) in [5, 5.41) is 8.69. The Morgan fingerprint density at radius 3 is 1.48 bits per heavy atom. The number of ether oxygens (including phenoxy) is 1. The van der Waals surface area contributed by atoms with Gasteiger partial charge in [0.2, 0.25) is 0 Å². The molecular weight excluding hydrogens is 465 g/mol. The first-order valence-electron chi connectivity index (χ1n) is 10.7. The molecule has 7 nitrogen and oxygen atoms in total. The van der Waals surface area contributed by atoms with Crippen molar-refractivity contribution in [1.29, 1.82) is 0 Å². The molecule has 182 valence electrons. The van der Waals surface area contributed by atoms with Gasteiger partial charge in [-0.2, -0.15) is 0 Å². The van der Waals surface area contributed by atoms with E-state index in [0.717, 1.165) is 12.2 Å². The van der Waals surface area contributed by atoms with Crippen LogP contribution in [0.15, 0.2) is 12.2 Å². The topological polar surface area (TPSA) is 91.3 Å². The maximum atomic E-state index is 11.9. The van der Waals surface area contributed by atoms with E-state index in [1.807, 2.05) is 0 Å². The van der Waals surface area contributed by atoms with Gasteiger partial charge in [0, 0.05) is 17.7 Å². The number of rotatable bonds is 12. The molecule has 0 saturated carbocycles. The van der Waals surface area contributed by atoms with E-state index in [2.05, 4.69) is 79.7 Å². The van der Waals surface area contributed by atoms with Crippen molar-refractivity contribution in [2.24, 2.45) is 5.41 Å². The lowest BCUT2D eigenvalue weighted by molar-refractivity contribution is -0.139. The van der Waals surface area contributed by atoms with Gasteiger partial charge in [0.05, 0.1) is 6.61 Å². The molecule has 1 N–H and O–H groups in total. The number of hydrogen-bond acceptors (Lipinski definition) is 6. The molecule has 11 heteroatoms. The van der Waals surface area contributed by atoms with Crippen LogP contribution in [0.1, 0.15) is 27.2 Å². The number of aliphatic carboxylic acids is 1. The van der Waals surface area contributed by atoms with Crippen molar-refractivity contribution in [1.82, 2.24) is 0 Å². The molecule has 0 saturated heterocycles. The molecule has 0 aliphatic carbocycles. The Morgan fingerprint density at radius 1 is 0.806 bits per heavy atom. The fourth-order valence-corrected chi connectivity index (χ4v) is 18.3. The maximum absolute atomic E-state index is 11.9. The zero-order valence-corrected chi connectivity index (χ0v) is 25.5. The predicted molar refractivity (Wildman–Crippen MR) is 135 cm³/mol. The van der Waals surface area contributed by atoms with Gasteiger partial charge in [-0.1, -0.05) is 20.8 Å². The minimum absolute atomic E-state index is 0.0820. The molecule has 0 aromatic carbocycles.